The molecule has 0 spiro atoms. The third kappa shape index (κ3) is 30.6. The molecule has 86 valence electrons. The maximum absolute atomic E-state index is 10.7. The minimum Gasteiger partial charge on any atom is -0.251 e. The van der Waals surface area contributed by atoms with Gasteiger partial charge in [-0.2, -0.15) is 0 Å². The van der Waals surface area contributed by atoms with E-state index in [0.717, 1.165) is 0 Å². The summed E-state index contributed by atoms with van der Waals surface area (Å²) in [6, 6.07) is 0. The van der Waals surface area contributed by atoms with E-state index < -0.39 is 12.9 Å². The van der Waals surface area contributed by atoms with Crippen LogP contribution in [0.4, 0.5) is 17.7 Å². The lowest BCUT2D eigenvalue weighted by Gasteiger charge is -1.84. The van der Waals surface area contributed by atoms with E-state index in [1.165, 1.54) is 6.92 Å². The molecular formula is C8H14F4O2. The summed E-state index contributed by atoms with van der Waals surface area (Å²) < 4.78 is 40.7. The predicted molar refractivity (Wildman–Crippen MR) is 45.4 cm³/mol. The van der Waals surface area contributed by atoms with Crippen LogP contribution in [-0.2, 0) is 9.74 Å². The molecule has 0 saturated heterocycles. The van der Waals surface area contributed by atoms with Gasteiger partial charge < -0.3 is 0 Å². The van der Waals surface area contributed by atoms with Crippen LogP contribution in [0.3, 0.4) is 0 Å². The molecule has 0 unspecified atom stereocenters. The second-order valence-electron chi connectivity index (χ2n) is 1.93. The largest absolute Gasteiger partial charge is 0.374 e. The molecule has 0 saturated carbocycles. The topological polar surface area (TPSA) is 26.3 Å². The van der Waals surface area contributed by atoms with Crippen LogP contribution < -0.4 is 0 Å². The van der Waals surface area contributed by atoms with Crippen molar-refractivity contribution in [2.75, 3.05) is 13.6 Å². The van der Waals surface area contributed by atoms with Crippen molar-refractivity contribution in [3.8, 4) is 0 Å². The van der Waals surface area contributed by atoms with Gasteiger partial charge in [-0.25, -0.2) is 18.5 Å². The van der Waals surface area contributed by atoms with E-state index in [1.807, 2.05) is 0 Å². The van der Waals surface area contributed by atoms with E-state index in [4.69, 9.17) is 0 Å². The molecule has 0 heterocycles. The highest BCUT2D eigenvalue weighted by atomic mass is 19.3. The maximum atomic E-state index is 10.7. The first-order chi connectivity index (χ1) is 6.51. The summed E-state index contributed by atoms with van der Waals surface area (Å²) in [6.07, 6.45) is 0.653. The lowest BCUT2D eigenvalue weighted by atomic mass is 10.4. The quantitative estimate of drug-likeness (QED) is 0.525. The lowest BCUT2D eigenvalue weighted by Crippen LogP contribution is -1.95. The highest BCUT2D eigenvalue weighted by Gasteiger charge is 1.99. The first-order valence-electron chi connectivity index (χ1n) is 3.67. The molecule has 0 fully saturated rings. The van der Waals surface area contributed by atoms with Crippen LogP contribution in [0.1, 0.15) is 20.3 Å². The Bertz CT molecular complexity index is 137. The monoisotopic (exact) mass is 218 g/mol. The van der Waals surface area contributed by atoms with Gasteiger partial charge in [-0.15, -0.1) is 0 Å². The van der Waals surface area contributed by atoms with Gasteiger partial charge in [-0.3, -0.25) is 4.39 Å². The van der Waals surface area contributed by atoms with Crippen molar-refractivity contribution < 1.29 is 27.4 Å². The summed E-state index contributed by atoms with van der Waals surface area (Å²) in [4.78, 5) is 12.6. The molecular weight excluding hydrogens is 204 g/mol. The highest BCUT2D eigenvalue weighted by Crippen LogP contribution is 1.89. The Morgan fingerprint density at radius 1 is 1.36 bits per heavy atom. The molecule has 0 bridgehead atoms. The normalized spacial score (nSPS) is 7.29. The van der Waals surface area contributed by atoms with Crippen LogP contribution in [0.5, 0.6) is 0 Å². The molecule has 0 N–H and O–H groups in total. The van der Waals surface area contributed by atoms with E-state index in [0.29, 0.717) is 6.42 Å². The van der Waals surface area contributed by atoms with E-state index in [9.17, 15) is 22.5 Å². The van der Waals surface area contributed by atoms with Crippen LogP contribution in [0.25, 0.3) is 0 Å². The molecule has 6 heteroatoms. The van der Waals surface area contributed by atoms with E-state index in [2.05, 4.69) is 11.5 Å². The van der Waals surface area contributed by atoms with Gasteiger partial charge in [0.1, 0.15) is 0 Å². The Morgan fingerprint density at radius 2 is 1.64 bits per heavy atom. The van der Waals surface area contributed by atoms with Crippen LogP contribution in [0, 0.1) is 0 Å². The average molecular weight is 218 g/mol. The van der Waals surface area contributed by atoms with E-state index in [1.54, 1.807) is 6.92 Å². The van der Waals surface area contributed by atoms with Gasteiger partial charge >= 0.3 is 5.97 Å². The lowest BCUT2D eigenvalue weighted by molar-refractivity contribution is -0.178. The van der Waals surface area contributed by atoms with Crippen molar-refractivity contribution >= 4 is 5.97 Å². The predicted octanol–water partition coefficient (Wildman–Crippen LogP) is 3.24. The molecule has 0 rings (SSSR count). The van der Waals surface area contributed by atoms with Crippen molar-refractivity contribution in [3.63, 3.8) is 0 Å². The summed E-state index contributed by atoms with van der Waals surface area (Å²) in [5, 5.41) is 0. The average Bonchev–Trinajstić information content (AvgIpc) is 2.18. The number of halogens is 4. The number of carbonyl (C=O) groups is 1. The minimum atomic E-state index is -1.75. The summed E-state index contributed by atoms with van der Waals surface area (Å²) in [5.74, 6) is -1.01. The first kappa shape index (κ1) is 18.7. The van der Waals surface area contributed by atoms with Crippen molar-refractivity contribution in [1.82, 2.24) is 0 Å². The van der Waals surface area contributed by atoms with Gasteiger partial charge in [-0.1, -0.05) is 13.5 Å². The van der Waals surface area contributed by atoms with Gasteiger partial charge in [0.2, 0.25) is 6.93 Å². The highest BCUT2D eigenvalue weighted by molar-refractivity contribution is 5.86. The summed E-state index contributed by atoms with van der Waals surface area (Å²) in [7, 11) is 0. The second kappa shape index (κ2) is 17.9. The zero-order valence-electron chi connectivity index (χ0n) is 8.16. The van der Waals surface area contributed by atoms with Gasteiger partial charge in [-0.05, 0) is 13.3 Å². The molecule has 0 atom stereocenters. The van der Waals surface area contributed by atoms with Crippen molar-refractivity contribution in [1.29, 1.82) is 0 Å². The zero-order valence-corrected chi connectivity index (χ0v) is 8.16. The van der Waals surface area contributed by atoms with Crippen LogP contribution in [-0.4, -0.2) is 19.6 Å². The van der Waals surface area contributed by atoms with Crippen molar-refractivity contribution in [2.24, 2.45) is 0 Å². The fourth-order valence-electron chi connectivity index (χ4n) is 0.0659. The third-order valence-electron chi connectivity index (χ3n) is 0.608. The Balaban J connectivity index is -0.000000147. The molecule has 0 amide bonds. The zero-order chi connectivity index (χ0) is 12.0. The Morgan fingerprint density at radius 3 is 1.64 bits per heavy atom. The van der Waals surface area contributed by atoms with Crippen LogP contribution in [0.2, 0.25) is 0 Å². The molecule has 0 aliphatic rings. The fourth-order valence-corrected chi connectivity index (χ4v) is 0.0659. The maximum Gasteiger partial charge on any atom is 0.374 e. The fraction of sp³-hybridized carbons (Fsp3) is 0.625. The Hall–Kier alpha value is -1.07. The number of carbonyl (C=O) groups excluding carboxylic acids is 1. The molecule has 0 aliphatic carbocycles. The molecule has 0 aromatic heterocycles. The Labute approximate surface area is 80.5 Å². The summed E-state index contributed by atoms with van der Waals surface area (Å²) in [5.41, 5.74) is 0.0579. The first-order valence-corrected chi connectivity index (χ1v) is 3.67. The molecule has 0 aromatic carbocycles. The molecule has 0 radical (unpaired) electrons. The van der Waals surface area contributed by atoms with Crippen molar-refractivity contribution in [2.45, 2.75) is 20.3 Å². The Kier molecular flexibility index (Phi) is 23.8. The number of alkyl halides is 3. The van der Waals surface area contributed by atoms with Crippen molar-refractivity contribution in [3.05, 3.63) is 12.2 Å². The molecule has 2 nitrogen and oxygen atoms in total. The van der Waals surface area contributed by atoms with E-state index >= 15 is 0 Å². The van der Waals surface area contributed by atoms with Gasteiger partial charge in [0.05, 0.1) is 6.67 Å². The molecule has 0 aliphatic heterocycles. The van der Waals surface area contributed by atoms with Gasteiger partial charge in [0.25, 0.3) is 0 Å². The standard InChI is InChI=1S/C4H5FO2.C3H7F.CH2F2/c1-3(2)4(6)7-5;1-2-3-4;2-1-3/h1H2,2H3;2-3H2,1H3;1H2. The van der Waals surface area contributed by atoms with Gasteiger partial charge in [0.15, 0.2) is 0 Å². The number of hydrogen-bond acceptors (Lipinski definition) is 2. The number of rotatable bonds is 2. The number of hydrogen-bond donors (Lipinski definition) is 0. The smallest absolute Gasteiger partial charge is 0.251 e. The van der Waals surface area contributed by atoms with Crippen LogP contribution in [0.15, 0.2) is 12.2 Å². The molecule has 0 aromatic rings. The minimum absolute atomic E-state index is 0.0579. The second-order valence-corrected chi connectivity index (χ2v) is 1.93. The summed E-state index contributed by atoms with van der Waals surface area (Å²) >= 11 is 0. The molecule has 14 heavy (non-hydrogen) atoms. The van der Waals surface area contributed by atoms with Crippen LogP contribution >= 0.6 is 0 Å². The third-order valence-corrected chi connectivity index (χ3v) is 0.608. The van der Waals surface area contributed by atoms with Gasteiger partial charge in [0, 0.05) is 10.1 Å². The summed E-state index contributed by atoms with van der Waals surface area (Å²) in [6.45, 7) is 4.35. The SMILES string of the molecule is C=C(C)C(=O)OF.CCCF.FCF. The van der Waals surface area contributed by atoms with E-state index in [-0.39, 0.29) is 12.2 Å².